The SMILES string of the molecule is CC(CCl)COc1ccc([N+](=O)[O-])c(Cl)c1. The van der Waals surface area contributed by atoms with Gasteiger partial charge in [0.2, 0.25) is 0 Å². The number of alkyl halides is 1. The van der Waals surface area contributed by atoms with E-state index in [1.54, 1.807) is 0 Å². The van der Waals surface area contributed by atoms with E-state index in [0.29, 0.717) is 18.2 Å². The molecular weight excluding hydrogens is 253 g/mol. The van der Waals surface area contributed by atoms with E-state index in [2.05, 4.69) is 0 Å². The van der Waals surface area contributed by atoms with Crippen LogP contribution in [0.4, 0.5) is 5.69 Å². The van der Waals surface area contributed by atoms with E-state index in [1.807, 2.05) is 6.92 Å². The lowest BCUT2D eigenvalue weighted by Crippen LogP contribution is -2.09. The molecule has 0 aliphatic carbocycles. The van der Waals surface area contributed by atoms with Crippen molar-refractivity contribution < 1.29 is 9.66 Å². The number of rotatable bonds is 5. The van der Waals surface area contributed by atoms with Gasteiger partial charge in [-0.05, 0) is 6.07 Å². The zero-order valence-corrected chi connectivity index (χ0v) is 10.2. The van der Waals surface area contributed by atoms with Gasteiger partial charge in [-0.25, -0.2) is 0 Å². The van der Waals surface area contributed by atoms with E-state index in [9.17, 15) is 10.1 Å². The third-order valence-electron chi connectivity index (χ3n) is 1.91. The maximum absolute atomic E-state index is 10.5. The summed E-state index contributed by atoms with van der Waals surface area (Å²) in [6.45, 7) is 2.40. The molecule has 0 amide bonds. The number of hydrogen-bond acceptors (Lipinski definition) is 3. The molecule has 1 aromatic carbocycles. The quantitative estimate of drug-likeness (QED) is 0.464. The molecule has 0 radical (unpaired) electrons. The first kappa shape index (κ1) is 13.1. The maximum Gasteiger partial charge on any atom is 0.288 e. The van der Waals surface area contributed by atoms with Crippen LogP contribution in [0.2, 0.25) is 5.02 Å². The van der Waals surface area contributed by atoms with Crippen molar-refractivity contribution in [2.24, 2.45) is 5.92 Å². The molecule has 0 fully saturated rings. The van der Waals surface area contributed by atoms with Crippen molar-refractivity contribution in [1.82, 2.24) is 0 Å². The average Bonchev–Trinajstić information content (AvgIpc) is 2.25. The van der Waals surface area contributed by atoms with E-state index in [4.69, 9.17) is 27.9 Å². The van der Waals surface area contributed by atoms with Crippen LogP contribution < -0.4 is 4.74 Å². The molecule has 0 spiro atoms. The summed E-state index contributed by atoms with van der Waals surface area (Å²) in [5, 5.41) is 10.6. The molecule has 1 unspecified atom stereocenters. The summed E-state index contributed by atoms with van der Waals surface area (Å²) >= 11 is 11.3. The average molecular weight is 264 g/mol. The molecule has 0 bridgehead atoms. The Labute approximate surface area is 103 Å². The summed E-state index contributed by atoms with van der Waals surface area (Å²) in [5.74, 6) is 1.23. The van der Waals surface area contributed by atoms with E-state index < -0.39 is 4.92 Å². The number of nitro benzene ring substituents is 1. The van der Waals surface area contributed by atoms with Gasteiger partial charge in [0.15, 0.2) is 0 Å². The highest BCUT2D eigenvalue weighted by Crippen LogP contribution is 2.28. The molecule has 88 valence electrons. The minimum absolute atomic E-state index is 0.0704. The van der Waals surface area contributed by atoms with Crippen molar-refractivity contribution in [3.8, 4) is 5.75 Å². The van der Waals surface area contributed by atoms with Crippen LogP contribution in [0.1, 0.15) is 6.92 Å². The Kier molecular flexibility index (Phi) is 4.83. The maximum atomic E-state index is 10.5. The Morgan fingerprint density at radius 3 is 2.75 bits per heavy atom. The highest BCUT2D eigenvalue weighted by molar-refractivity contribution is 6.32. The van der Waals surface area contributed by atoms with Gasteiger partial charge in [-0.1, -0.05) is 18.5 Å². The minimum Gasteiger partial charge on any atom is -0.493 e. The highest BCUT2D eigenvalue weighted by Gasteiger charge is 2.12. The van der Waals surface area contributed by atoms with E-state index in [0.717, 1.165) is 0 Å². The van der Waals surface area contributed by atoms with Gasteiger partial charge in [0.1, 0.15) is 10.8 Å². The molecule has 0 aliphatic rings. The fourth-order valence-corrected chi connectivity index (χ4v) is 1.34. The molecule has 6 heteroatoms. The number of nitrogens with zero attached hydrogens (tertiary/aromatic N) is 1. The van der Waals surface area contributed by atoms with Crippen molar-refractivity contribution in [3.05, 3.63) is 33.3 Å². The van der Waals surface area contributed by atoms with Gasteiger partial charge >= 0.3 is 0 Å². The first-order chi connectivity index (χ1) is 7.54. The van der Waals surface area contributed by atoms with E-state index >= 15 is 0 Å². The fourth-order valence-electron chi connectivity index (χ4n) is 1.01. The second-order valence-electron chi connectivity index (χ2n) is 3.44. The molecule has 1 rings (SSSR count). The lowest BCUT2D eigenvalue weighted by Gasteiger charge is -2.10. The molecule has 0 saturated carbocycles. The Balaban J connectivity index is 2.70. The molecule has 0 saturated heterocycles. The predicted molar refractivity (Wildman–Crippen MR) is 63.5 cm³/mol. The zero-order chi connectivity index (χ0) is 12.1. The molecule has 16 heavy (non-hydrogen) atoms. The van der Waals surface area contributed by atoms with Crippen LogP contribution in [0.25, 0.3) is 0 Å². The molecular formula is C10H11Cl2NO3. The summed E-state index contributed by atoms with van der Waals surface area (Å²) < 4.78 is 5.38. The lowest BCUT2D eigenvalue weighted by atomic mass is 10.2. The van der Waals surface area contributed by atoms with Gasteiger partial charge in [0.05, 0.1) is 11.5 Å². The summed E-state index contributed by atoms with van der Waals surface area (Å²) in [6.07, 6.45) is 0. The molecule has 0 N–H and O–H groups in total. The second-order valence-corrected chi connectivity index (χ2v) is 4.16. The van der Waals surface area contributed by atoms with Crippen molar-refractivity contribution >= 4 is 28.9 Å². The zero-order valence-electron chi connectivity index (χ0n) is 8.65. The highest BCUT2D eigenvalue weighted by atomic mass is 35.5. The van der Waals surface area contributed by atoms with Crippen LogP contribution in [0, 0.1) is 16.0 Å². The lowest BCUT2D eigenvalue weighted by molar-refractivity contribution is -0.384. The third kappa shape index (κ3) is 3.54. The predicted octanol–water partition coefficient (Wildman–Crippen LogP) is 3.50. The van der Waals surface area contributed by atoms with Gasteiger partial charge in [0.25, 0.3) is 5.69 Å². The van der Waals surface area contributed by atoms with Crippen LogP contribution in [-0.2, 0) is 0 Å². The first-order valence-electron chi connectivity index (χ1n) is 4.67. The summed E-state index contributed by atoms with van der Waals surface area (Å²) in [4.78, 5) is 9.97. The van der Waals surface area contributed by atoms with Crippen LogP contribution in [0.15, 0.2) is 18.2 Å². The second kappa shape index (κ2) is 5.92. The van der Waals surface area contributed by atoms with Crippen molar-refractivity contribution in [2.45, 2.75) is 6.92 Å². The number of ether oxygens (including phenoxy) is 1. The minimum atomic E-state index is -0.534. The Hall–Kier alpha value is -1.00. The van der Waals surface area contributed by atoms with E-state index in [-0.39, 0.29) is 16.6 Å². The Bertz CT molecular complexity index is 384. The molecule has 0 heterocycles. The number of benzene rings is 1. The Morgan fingerprint density at radius 2 is 2.25 bits per heavy atom. The van der Waals surface area contributed by atoms with Crippen LogP contribution in [-0.4, -0.2) is 17.4 Å². The molecule has 1 atom stereocenters. The van der Waals surface area contributed by atoms with Gasteiger partial charge in [-0.3, -0.25) is 10.1 Å². The van der Waals surface area contributed by atoms with Crippen LogP contribution in [0.5, 0.6) is 5.75 Å². The molecule has 0 aliphatic heterocycles. The fraction of sp³-hybridized carbons (Fsp3) is 0.400. The van der Waals surface area contributed by atoms with Gasteiger partial charge in [-0.2, -0.15) is 0 Å². The van der Waals surface area contributed by atoms with Gasteiger partial charge in [0, 0.05) is 23.9 Å². The largest absolute Gasteiger partial charge is 0.493 e. The van der Waals surface area contributed by atoms with Crippen molar-refractivity contribution in [2.75, 3.05) is 12.5 Å². The van der Waals surface area contributed by atoms with Gasteiger partial charge < -0.3 is 4.74 Å². The smallest absolute Gasteiger partial charge is 0.288 e. The summed E-state index contributed by atoms with van der Waals surface area (Å²) in [7, 11) is 0. The summed E-state index contributed by atoms with van der Waals surface area (Å²) in [6, 6.07) is 4.27. The number of nitro groups is 1. The number of halogens is 2. The summed E-state index contributed by atoms with van der Waals surface area (Å²) in [5.41, 5.74) is -0.126. The van der Waals surface area contributed by atoms with Gasteiger partial charge in [-0.15, -0.1) is 11.6 Å². The molecule has 0 aromatic heterocycles. The molecule has 4 nitrogen and oxygen atoms in total. The topological polar surface area (TPSA) is 52.4 Å². The Morgan fingerprint density at radius 1 is 1.56 bits per heavy atom. The van der Waals surface area contributed by atoms with E-state index in [1.165, 1.54) is 18.2 Å². The monoisotopic (exact) mass is 263 g/mol. The van der Waals surface area contributed by atoms with Crippen molar-refractivity contribution in [1.29, 1.82) is 0 Å². The van der Waals surface area contributed by atoms with Crippen LogP contribution >= 0.6 is 23.2 Å². The third-order valence-corrected chi connectivity index (χ3v) is 2.74. The molecule has 1 aromatic rings. The normalized spacial score (nSPS) is 12.2. The standard InChI is InChI=1S/C10H11Cl2NO3/c1-7(5-11)6-16-8-2-3-10(13(14)15)9(12)4-8/h2-4,7H,5-6H2,1H3. The number of hydrogen-bond donors (Lipinski definition) is 0. The first-order valence-corrected chi connectivity index (χ1v) is 5.58. The van der Waals surface area contributed by atoms with Crippen molar-refractivity contribution in [3.63, 3.8) is 0 Å². The van der Waals surface area contributed by atoms with Crippen LogP contribution in [0.3, 0.4) is 0 Å².